The molecule has 10 atom stereocenters. The lowest BCUT2D eigenvalue weighted by molar-refractivity contribution is -0.197. The zero-order valence-corrected chi connectivity index (χ0v) is 16.1. The van der Waals surface area contributed by atoms with Crippen molar-refractivity contribution in [2.45, 2.75) is 57.3 Å². The van der Waals surface area contributed by atoms with Gasteiger partial charge < -0.3 is 9.84 Å². The predicted molar refractivity (Wildman–Crippen MR) is 102 cm³/mol. The van der Waals surface area contributed by atoms with Gasteiger partial charge in [0.2, 0.25) is 0 Å². The Labute approximate surface area is 161 Å². The van der Waals surface area contributed by atoms with Crippen molar-refractivity contribution in [3.63, 3.8) is 0 Å². The summed E-state index contributed by atoms with van der Waals surface area (Å²) in [4.78, 5) is 12.0. The molecule has 5 aliphatic carbocycles. The third-order valence-corrected chi connectivity index (χ3v) is 9.52. The highest BCUT2D eigenvalue weighted by molar-refractivity contribution is 5.91. The number of allylic oxidation sites excluding steroid dienone is 2. The van der Waals surface area contributed by atoms with Gasteiger partial charge >= 0.3 is 0 Å². The Bertz CT molecular complexity index is 780. The number of rotatable bonds is 1. The smallest absolute Gasteiger partial charge is 0.175 e. The summed E-state index contributed by atoms with van der Waals surface area (Å²) in [6.07, 6.45) is 13.9. The van der Waals surface area contributed by atoms with Gasteiger partial charge in [-0.1, -0.05) is 24.6 Å². The highest BCUT2D eigenvalue weighted by Crippen LogP contribution is 2.78. The minimum Gasteiger partial charge on any atom is -0.365 e. The molecular weight excluding hydrogens is 336 g/mol. The summed E-state index contributed by atoms with van der Waals surface area (Å²) in [5.74, 6) is 4.70. The Balaban J connectivity index is 1.42. The van der Waals surface area contributed by atoms with E-state index in [1.165, 1.54) is 24.8 Å². The van der Waals surface area contributed by atoms with Crippen molar-refractivity contribution < 1.29 is 14.6 Å². The fourth-order valence-corrected chi connectivity index (χ4v) is 8.57. The van der Waals surface area contributed by atoms with Gasteiger partial charge in [0.05, 0.1) is 5.60 Å². The fraction of sp³-hybridized carbons (Fsp3) is 0.708. The van der Waals surface area contributed by atoms with Crippen LogP contribution in [0.3, 0.4) is 0 Å². The average Bonchev–Trinajstić information content (AvgIpc) is 3.29. The summed E-state index contributed by atoms with van der Waals surface area (Å²) in [6, 6.07) is 0. The van der Waals surface area contributed by atoms with Crippen LogP contribution in [0.4, 0.5) is 0 Å². The fourth-order valence-electron chi connectivity index (χ4n) is 8.57. The lowest BCUT2D eigenvalue weighted by atomic mass is 9.47. The molecule has 6 rings (SSSR count). The molecule has 144 valence electrons. The van der Waals surface area contributed by atoms with Crippen molar-refractivity contribution >= 4 is 5.78 Å². The van der Waals surface area contributed by atoms with Gasteiger partial charge in [-0.2, -0.15) is 0 Å². The maximum atomic E-state index is 12.0. The molecule has 4 fully saturated rings. The molecule has 0 bridgehead atoms. The third kappa shape index (κ3) is 1.93. The molecular formula is C24H30O3. The lowest BCUT2D eigenvalue weighted by Crippen LogP contribution is -2.56. The van der Waals surface area contributed by atoms with E-state index in [0.717, 1.165) is 25.2 Å². The Morgan fingerprint density at radius 1 is 1.33 bits per heavy atom. The molecule has 0 radical (unpaired) electrons. The van der Waals surface area contributed by atoms with E-state index in [2.05, 4.69) is 25.7 Å². The summed E-state index contributed by atoms with van der Waals surface area (Å²) >= 11 is 0. The summed E-state index contributed by atoms with van der Waals surface area (Å²) in [5, 5.41) is 10.1. The standard InChI is InChI=1S/C24H30O3/c1-3-13-10-14-11-15(25)4-5-16(14)17-6-8-23(2)22(21(13)17)18-12-19(18)24(23)9-7-20(26)27-24/h3,7,9,11,13,16-22,26H,1,4-6,8,10,12H2,2H3/t13-,16-,17?,18-,19+,20?,21?,22?,23-,24-/m0/s1. The van der Waals surface area contributed by atoms with Gasteiger partial charge in [0, 0.05) is 11.8 Å². The maximum absolute atomic E-state index is 12.0. The number of hydrogen-bond donors (Lipinski definition) is 1. The molecule has 6 aliphatic rings. The minimum atomic E-state index is -0.736. The Morgan fingerprint density at radius 3 is 2.93 bits per heavy atom. The Hall–Kier alpha value is -1.19. The number of aliphatic hydroxyl groups excluding tert-OH is 1. The van der Waals surface area contributed by atoms with Gasteiger partial charge in [-0.25, -0.2) is 0 Å². The van der Waals surface area contributed by atoms with E-state index >= 15 is 0 Å². The first-order chi connectivity index (χ1) is 13.0. The van der Waals surface area contributed by atoms with Crippen LogP contribution in [0.25, 0.3) is 0 Å². The first-order valence-corrected chi connectivity index (χ1v) is 10.9. The molecule has 0 aromatic carbocycles. The topological polar surface area (TPSA) is 46.5 Å². The van der Waals surface area contributed by atoms with E-state index in [-0.39, 0.29) is 11.0 Å². The van der Waals surface area contributed by atoms with Crippen molar-refractivity contribution in [2.75, 3.05) is 0 Å². The van der Waals surface area contributed by atoms with Gasteiger partial charge in [0.1, 0.15) is 0 Å². The summed E-state index contributed by atoms with van der Waals surface area (Å²) in [6.45, 7) is 6.65. The third-order valence-electron chi connectivity index (χ3n) is 9.52. The molecule has 1 aliphatic heterocycles. The van der Waals surface area contributed by atoms with Crippen molar-refractivity contribution in [2.24, 2.45) is 46.8 Å². The number of hydrogen-bond acceptors (Lipinski definition) is 3. The summed E-state index contributed by atoms with van der Waals surface area (Å²) in [5.41, 5.74) is 1.27. The molecule has 27 heavy (non-hydrogen) atoms. The van der Waals surface area contributed by atoms with Gasteiger partial charge in [0.15, 0.2) is 12.1 Å². The zero-order chi connectivity index (χ0) is 18.6. The molecule has 0 aromatic heterocycles. The number of aliphatic hydroxyl groups is 1. The van der Waals surface area contributed by atoms with Crippen molar-refractivity contribution in [1.82, 2.24) is 0 Å². The van der Waals surface area contributed by atoms with Crippen LogP contribution in [0.15, 0.2) is 36.5 Å². The molecule has 1 spiro atoms. The van der Waals surface area contributed by atoms with E-state index < -0.39 is 6.29 Å². The van der Waals surface area contributed by atoms with E-state index in [9.17, 15) is 9.90 Å². The second kappa shape index (κ2) is 5.24. The Morgan fingerprint density at radius 2 is 2.19 bits per heavy atom. The molecule has 0 saturated heterocycles. The molecule has 4 saturated carbocycles. The molecule has 0 amide bonds. The van der Waals surface area contributed by atoms with Gasteiger partial charge in [-0.3, -0.25) is 4.79 Å². The van der Waals surface area contributed by atoms with Crippen LogP contribution in [0.1, 0.15) is 45.4 Å². The quantitative estimate of drug-likeness (QED) is 0.713. The maximum Gasteiger partial charge on any atom is 0.175 e. The first-order valence-electron chi connectivity index (χ1n) is 10.9. The monoisotopic (exact) mass is 366 g/mol. The van der Waals surface area contributed by atoms with Crippen LogP contribution in [-0.4, -0.2) is 22.8 Å². The second-order valence-corrected chi connectivity index (χ2v) is 10.3. The van der Waals surface area contributed by atoms with E-state index in [1.54, 1.807) is 0 Å². The normalized spacial score (nSPS) is 57.6. The summed E-state index contributed by atoms with van der Waals surface area (Å²) in [7, 11) is 0. The van der Waals surface area contributed by atoms with Crippen molar-refractivity contribution in [3.8, 4) is 0 Å². The van der Waals surface area contributed by atoms with Gasteiger partial charge in [-0.05, 0) is 85.7 Å². The van der Waals surface area contributed by atoms with Crippen LogP contribution in [0.2, 0.25) is 0 Å². The number of carbonyl (C=O) groups is 1. The predicted octanol–water partition coefficient (Wildman–Crippen LogP) is 4.04. The number of carbonyl (C=O) groups excluding carboxylic acids is 1. The molecule has 1 N–H and O–H groups in total. The molecule has 3 nitrogen and oxygen atoms in total. The molecule has 0 aromatic rings. The van der Waals surface area contributed by atoms with Crippen LogP contribution >= 0.6 is 0 Å². The molecule has 4 unspecified atom stereocenters. The number of ether oxygens (including phenoxy) is 1. The minimum absolute atomic E-state index is 0.114. The van der Waals surface area contributed by atoms with Crippen LogP contribution < -0.4 is 0 Å². The largest absolute Gasteiger partial charge is 0.365 e. The Kier molecular flexibility index (Phi) is 3.25. The van der Waals surface area contributed by atoms with E-state index in [0.29, 0.717) is 41.3 Å². The molecule has 1 heterocycles. The molecule has 3 heteroatoms. The highest BCUT2D eigenvalue weighted by atomic mass is 16.6. The highest BCUT2D eigenvalue weighted by Gasteiger charge is 2.77. The van der Waals surface area contributed by atoms with Crippen LogP contribution in [0.5, 0.6) is 0 Å². The van der Waals surface area contributed by atoms with Gasteiger partial charge in [0.25, 0.3) is 0 Å². The van der Waals surface area contributed by atoms with Crippen molar-refractivity contribution in [3.05, 3.63) is 36.5 Å². The first kappa shape index (κ1) is 16.7. The van der Waals surface area contributed by atoms with E-state index in [4.69, 9.17) is 4.74 Å². The van der Waals surface area contributed by atoms with Gasteiger partial charge in [-0.15, -0.1) is 6.58 Å². The van der Waals surface area contributed by atoms with Crippen molar-refractivity contribution in [1.29, 1.82) is 0 Å². The van der Waals surface area contributed by atoms with Crippen LogP contribution in [0, 0.1) is 46.8 Å². The zero-order valence-electron chi connectivity index (χ0n) is 16.1. The van der Waals surface area contributed by atoms with E-state index in [1.807, 2.05) is 12.2 Å². The number of ketones is 1. The average molecular weight is 367 g/mol. The summed E-state index contributed by atoms with van der Waals surface area (Å²) < 4.78 is 6.27. The van der Waals surface area contributed by atoms with Crippen LogP contribution in [-0.2, 0) is 9.53 Å². The lowest BCUT2D eigenvalue weighted by Gasteiger charge is -2.59. The second-order valence-electron chi connectivity index (χ2n) is 10.3. The SMILES string of the molecule is C=C[C@H]1CC2=CC(=O)CC[C@@H]2C2CC[C@@]3(C)C(C21)[C@H]1C[C@H]1[C@@]31C=CC(O)O1. The number of fused-ring (bicyclic) bond motifs is 9.